The number of rotatable bonds is 0. The number of hydrogen-bond acceptors (Lipinski definition) is 3. The van der Waals surface area contributed by atoms with Gasteiger partial charge in [-0.25, -0.2) is 0 Å². The quantitative estimate of drug-likeness (QED) is 0.574. The molecule has 5 heteroatoms. The Morgan fingerprint density at radius 2 is 2.33 bits per heavy atom. The maximum absolute atomic E-state index is 11.0. The fourth-order valence-corrected chi connectivity index (χ4v) is 0.988. The van der Waals surface area contributed by atoms with Gasteiger partial charge < -0.3 is 4.98 Å². The number of nitriles is 1. The van der Waals surface area contributed by atoms with Crippen LogP contribution >= 0.6 is 0 Å². The molecule has 0 saturated heterocycles. The molecule has 0 radical (unpaired) electrons. The molecule has 0 aliphatic heterocycles. The monoisotopic (exact) mass is 160 g/mol. The van der Waals surface area contributed by atoms with Gasteiger partial charge in [-0.1, -0.05) is 0 Å². The third-order valence-electron chi connectivity index (χ3n) is 1.57. The minimum absolute atomic E-state index is 0.0896. The fourth-order valence-electron chi connectivity index (χ4n) is 0.988. The molecule has 5 nitrogen and oxygen atoms in total. The molecule has 2 rings (SSSR count). The Kier molecular flexibility index (Phi) is 1.21. The molecule has 12 heavy (non-hydrogen) atoms. The van der Waals surface area contributed by atoms with Gasteiger partial charge in [-0.2, -0.15) is 10.4 Å². The second-order valence-corrected chi connectivity index (χ2v) is 2.32. The number of aromatic amines is 2. The number of nitrogens with one attached hydrogen (secondary N) is 2. The Labute approximate surface area is 66.6 Å². The van der Waals surface area contributed by atoms with E-state index in [9.17, 15) is 4.79 Å². The molecule has 0 atom stereocenters. The van der Waals surface area contributed by atoms with Crippen LogP contribution in [0.1, 0.15) is 5.56 Å². The summed E-state index contributed by atoms with van der Waals surface area (Å²) in [6.45, 7) is 0. The average molecular weight is 160 g/mol. The molecular weight excluding hydrogens is 156 g/mol. The number of nitrogens with zero attached hydrogens (tertiary/aromatic N) is 2. The molecule has 0 unspecified atom stereocenters. The Balaban J connectivity index is 2.93. The maximum atomic E-state index is 11.0. The highest BCUT2D eigenvalue weighted by molar-refractivity contribution is 5.74. The van der Waals surface area contributed by atoms with E-state index < -0.39 is 0 Å². The Hall–Kier alpha value is -2.09. The molecule has 0 amide bonds. The lowest BCUT2D eigenvalue weighted by Crippen LogP contribution is -2.08. The highest BCUT2D eigenvalue weighted by atomic mass is 16.1. The van der Waals surface area contributed by atoms with Crippen molar-refractivity contribution in [2.75, 3.05) is 0 Å². The van der Waals surface area contributed by atoms with Gasteiger partial charge in [0.2, 0.25) is 0 Å². The second kappa shape index (κ2) is 2.20. The third-order valence-corrected chi connectivity index (χ3v) is 1.57. The van der Waals surface area contributed by atoms with Gasteiger partial charge in [-0.3, -0.25) is 9.89 Å². The maximum Gasteiger partial charge on any atom is 0.266 e. The van der Waals surface area contributed by atoms with Crippen LogP contribution in [0, 0.1) is 11.3 Å². The van der Waals surface area contributed by atoms with Gasteiger partial charge in [0, 0.05) is 0 Å². The molecule has 0 aliphatic carbocycles. The van der Waals surface area contributed by atoms with E-state index in [-0.39, 0.29) is 11.1 Å². The van der Waals surface area contributed by atoms with Crippen molar-refractivity contribution >= 4 is 11.0 Å². The predicted octanol–water partition coefficient (Wildman–Crippen LogP) is 0.123. The van der Waals surface area contributed by atoms with Gasteiger partial charge in [0.05, 0.1) is 17.2 Å². The molecule has 2 N–H and O–H groups in total. The van der Waals surface area contributed by atoms with E-state index in [0.29, 0.717) is 11.0 Å². The summed E-state index contributed by atoms with van der Waals surface area (Å²) in [7, 11) is 0. The van der Waals surface area contributed by atoms with Gasteiger partial charge >= 0.3 is 0 Å². The fraction of sp³-hybridized carbons (Fsp3) is 0. The molecule has 0 aliphatic rings. The highest BCUT2D eigenvalue weighted by Gasteiger charge is 2.01. The normalized spacial score (nSPS) is 9.92. The average Bonchev–Trinajstić information content (AvgIpc) is 2.49. The van der Waals surface area contributed by atoms with Crippen molar-refractivity contribution < 1.29 is 0 Å². The van der Waals surface area contributed by atoms with Crippen LogP contribution in [0.3, 0.4) is 0 Å². The first-order valence-corrected chi connectivity index (χ1v) is 3.28. The topological polar surface area (TPSA) is 85.3 Å². The number of aromatic nitrogens is 3. The lowest BCUT2D eigenvalue weighted by molar-refractivity contribution is 1.12. The minimum atomic E-state index is -0.383. The van der Waals surface area contributed by atoms with E-state index in [2.05, 4.69) is 15.2 Å². The van der Waals surface area contributed by atoms with E-state index in [1.165, 1.54) is 12.3 Å². The summed E-state index contributed by atoms with van der Waals surface area (Å²) < 4.78 is 0. The molecule has 0 bridgehead atoms. The number of H-pyrrole nitrogens is 2. The first kappa shape index (κ1) is 6.61. The largest absolute Gasteiger partial charge is 0.318 e. The molecular formula is C7H4N4O. The van der Waals surface area contributed by atoms with Gasteiger partial charge in [0.25, 0.3) is 5.56 Å². The number of hydrogen-bond donors (Lipinski definition) is 2. The van der Waals surface area contributed by atoms with Crippen LogP contribution in [0.4, 0.5) is 0 Å². The molecule has 0 saturated carbocycles. The minimum Gasteiger partial charge on any atom is -0.318 e. The summed E-state index contributed by atoms with van der Waals surface area (Å²) >= 11 is 0. The van der Waals surface area contributed by atoms with Gasteiger partial charge in [-0.05, 0) is 6.07 Å². The zero-order valence-corrected chi connectivity index (χ0v) is 5.96. The van der Waals surface area contributed by atoms with E-state index in [4.69, 9.17) is 5.26 Å². The van der Waals surface area contributed by atoms with Crippen LogP contribution in [-0.2, 0) is 0 Å². The first-order valence-electron chi connectivity index (χ1n) is 3.28. The summed E-state index contributed by atoms with van der Waals surface area (Å²) in [5.74, 6) is 0. The Morgan fingerprint density at radius 1 is 1.50 bits per heavy atom. The first-order chi connectivity index (χ1) is 5.81. The van der Waals surface area contributed by atoms with Crippen LogP contribution < -0.4 is 5.56 Å². The summed E-state index contributed by atoms with van der Waals surface area (Å²) in [6.07, 6.45) is 1.50. The van der Waals surface area contributed by atoms with Crippen molar-refractivity contribution in [2.24, 2.45) is 0 Å². The highest BCUT2D eigenvalue weighted by Crippen LogP contribution is 2.04. The van der Waals surface area contributed by atoms with Crippen LogP contribution in [-0.4, -0.2) is 15.2 Å². The van der Waals surface area contributed by atoms with E-state index >= 15 is 0 Å². The Morgan fingerprint density at radius 3 is 3.08 bits per heavy atom. The third kappa shape index (κ3) is 0.787. The van der Waals surface area contributed by atoms with Gasteiger partial charge in [0.1, 0.15) is 11.6 Å². The molecule has 2 heterocycles. The molecule has 0 spiro atoms. The van der Waals surface area contributed by atoms with Crippen molar-refractivity contribution in [3.8, 4) is 6.07 Å². The van der Waals surface area contributed by atoms with Crippen LogP contribution in [0.25, 0.3) is 11.0 Å². The van der Waals surface area contributed by atoms with E-state index in [0.717, 1.165) is 0 Å². The number of fused-ring (bicyclic) bond motifs is 1. The van der Waals surface area contributed by atoms with Crippen molar-refractivity contribution in [1.82, 2.24) is 15.2 Å². The summed E-state index contributed by atoms with van der Waals surface area (Å²) in [5.41, 5.74) is 0.975. The molecule has 2 aromatic heterocycles. The molecule has 2 aromatic rings. The smallest absolute Gasteiger partial charge is 0.266 e. The Bertz CT molecular complexity index is 516. The SMILES string of the molecule is N#Cc1cc2[nH]ncc2[nH]c1=O. The molecule has 58 valence electrons. The summed E-state index contributed by atoms with van der Waals surface area (Å²) in [4.78, 5) is 13.6. The van der Waals surface area contributed by atoms with E-state index in [1.807, 2.05) is 0 Å². The number of pyridine rings is 1. The van der Waals surface area contributed by atoms with Crippen molar-refractivity contribution in [3.63, 3.8) is 0 Å². The zero-order valence-electron chi connectivity index (χ0n) is 5.96. The van der Waals surface area contributed by atoms with Crippen LogP contribution in [0.5, 0.6) is 0 Å². The summed E-state index contributed by atoms with van der Waals surface area (Å²) in [5, 5.41) is 14.9. The predicted molar refractivity (Wildman–Crippen MR) is 41.4 cm³/mol. The second-order valence-electron chi connectivity index (χ2n) is 2.32. The van der Waals surface area contributed by atoms with Crippen LogP contribution in [0.15, 0.2) is 17.1 Å². The summed E-state index contributed by atoms with van der Waals surface area (Å²) in [6, 6.07) is 3.26. The lowest BCUT2D eigenvalue weighted by atomic mass is 10.3. The lowest BCUT2D eigenvalue weighted by Gasteiger charge is -1.88. The van der Waals surface area contributed by atoms with Crippen LogP contribution in [0.2, 0.25) is 0 Å². The zero-order chi connectivity index (χ0) is 8.55. The van der Waals surface area contributed by atoms with Crippen molar-refractivity contribution in [1.29, 1.82) is 5.26 Å². The van der Waals surface area contributed by atoms with E-state index in [1.54, 1.807) is 6.07 Å². The van der Waals surface area contributed by atoms with Crippen molar-refractivity contribution in [3.05, 3.63) is 28.2 Å². The molecule has 0 aromatic carbocycles. The van der Waals surface area contributed by atoms with Gasteiger partial charge in [0.15, 0.2) is 0 Å². The standard InChI is InChI=1S/C7H4N4O/c8-2-4-1-5-6(3-9-11-5)10-7(4)12/h1,3H,(H,9,11)(H,10,12). The van der Waals surface area contributed by atoms with Crippen molar-refractivity contribution in [2.45, 2.75) is 0 Å². The molecule has 0 fully saturated rings. The van der Waals surface area contributed by atoms with Gasteiger partial charge in [-0.15, -0.1) is 0 Å².